The molecule has 1 atom stereocenters. The van der Waals surface area contributed by atoms with E-state index in [2.05, 4.69) is 188 Å². The van der Waals surface area contributed by atoms with Crippen molar-refractivity contribution in [2.75, 3.05) is 0 Å². The Bertz CT molecular complexity index is 2870. The summed E-state index contributed by atoms with van der Waals surface area (Å²) in [6.45, 7) is 0. The molecule has 0 saturated carbocycles. The van der Waals surface area contributed by atoms with Crippen molar-refractivity contribution in [1.29, 1.82) is 0 Å². The van der Waals surface area contributed by atoms with E-state index < -0.39 is 0 Å². The highest BCUT2D eigenvalue weighted by atomic mass is 14.2. The van der Waals surface area contributed by atoms with Crippen LogP contribution in [0.15, 0.2) is 176 Å². The summed E-state index contributed by atoms with van der Waals surface area (Å²) < 4.78 is 0. The van der Waals surface area contributed by atoms with Crippen LogP contribution in [0.5, 0.6) is 0 Å². The molecule has 50 heavy (non-hydrogen) atoms. The second-order valence-corrected chi connectivity index (χ2v) is 13.6. The van der Waals surface area contributed by atoms with Gasteiger partial charge in [0.25, 0.3) is 0 Å². The van der Waals surface area contributed by atoms with Gasteiger partial charge in [0.2, 0.25) is 0 Å². The standard InChI is InChI=1S/C50H34/c1-3-11-39-29-41(27-21-33(39)9-1)35-17-23-37(24-18-35)47-31-49-46-16-8-6-14-44(46)48(32-50(49)45-15-7-5-13-43(45)47)38-25-19-36(20-26-38)42-28-22-34-10-2-4-12-40(34)30-42/h1-27,29-32,42H,28H2. The largest absolute Gasteiger partial charge is 0.0758 e. The molecule has 0 heterocycles. The maximum absolute atomic E-state index is 2.43. The highest BCUT2D eigenvalue weighted by molar-refractivity contribution is 6.23. The Morgan fingerprint density at radius 3 is 1.50 bits per heavy atom. The highest BCUT2D eigenvalue weighted by Gasteiger charge is 2.16. The molecule has 0 aliphatic heterocycles. The van der Waals surface area contributed by atoms with Crippen LogP contribution in [0.25, 0.3) is 88.6 Å². The van der Waals surface area contributed by atoms with Gasteiger partial charge in [-0.1, -0.05) is 170 Å². The number of hydrogen-bond donors (Lipinski definition) is 0. The first kappa shape index (κ1) is 28.7. The molecule has 0 N–H and O–H groups in total. The molecule has 0 aromatic heterocycles. The van der Waals surface area contributed by atoms with Gasteiger partial charge in [0, 0.05) is 5.92 Å². The summed E-state index contributed by atoms with van der Waals surface area (Å²) in [5.41, 5.74) is 8.87. The Morgan fingerprint density at radius 1 is 0.340 bits per heavy atom. The van der Waals surface area contributed by atoms with Gasteiger partial charge in [-0.2, -0.15) is 0 Å². The molecule has 0 nitrogen and oxygen atoms in total. The molecule has 0 amide bonds. The lowest BCUT2D eigenvalue weighted by Gasteiger charge is -2.17. The van der Waals surface area contributed by atoms with Gasteiger partial charge in [-0.05, 0) is 117 Å². The van der Waals surface area contributed by atoms with E-state index in [-0.39, 0.29) is 0 Å². The summed E-state index contributed by atoms with van der Waals surface area (Å²) in [7, 11) is 0. The molecule has 1 aliphatic rings. The molecular weight excluding hydrogens is 601 g/mol. The summed E-state index contributed by atoms with van der Waals surface area (Å²) in [4.78, 5) is 0. The van der Waals surface area contributed by atoms with Crippen LogP contribution in [0.3, 0.4) is 0 Å². The lowest BCUT2D eigenvalue weighted by atomic mass is 9.86. The van der Waals surface area contributed by atoms with Crippen molar-refractivity contribution in [3.8, 4) is 33.4 Å². The summed E-state index contributed by atoms with van der Waals surface area (Å²) in [5.74, 6) is 0.399. The van der Waals surface area contributed by atoms with Gasteiger partial charge in [-0.25, -0.2) is 0 Å². The Balaban J connectivity index is 1.08. The van der Waals surface area contributed by atoms with Crippen LogP contribution in [0.4, 0.5) is 0 Å². The molecule has 0 radical (unpaired) electrons. The normalized spacial score (nSPS) is 14.0. The molecule has 0 saturated heterocycles. The zero-order valence-corrected chi connectivity index (χ0v) is 27.7. The maximum Gasteiger partial charge on any atom is 0.00620 e. The van der Waals surface area contributed by atoms with Gasteiger partial charge in [-0.3, -0.25) is 0 Å². The number of fused-ring (bicyclic) bond motifs is 7. The van der Waals surface area contributed by atoms with Crippen molar-refractivity contribution in [3.05, 3.63) is 192 Å². The number of benzene rings is 9. The van der Waals surface area contributed by atoms with Crippen LogP contribution < -0.4 is 10.4 Å². The first-order valence-electron chi connectivity index (χ1n) is 17.6. The van der Waals surface area contributed by atoms with Gasteiger partial charge in [0.1, 0.15) is 0 Å². The van der Waals surface area contributed by atoms with Crippen LogP contribution in [0.1, 0.15) is 17.9 Å². The van der Waals surface area contributed by atoms with Crippen LogP contribution in [0, 0.1) is 0 Å². The Morgan fingerprint density at radius 2 is 0.840 bits per heavy atom. The van der Waals surface area contributed by atoms with Crippen LogP contribution >= 0.6 is 0 Å². The van der Waals surface area contributed by atoms with E-state index in [0.29, 0.717) is 5.92 Å². The molecule has 0 fully saturated rings. The Labute approximate surface area is 291 Å². The van der Waals surface area contributed by atoms with E-state index in [9.17, 15) is 0 Å². The van der Waals surface area contributed by atoms with Crippen molar-refractivity contribution in [3.63, 3.8) is 0 Å². The quantitative estimate of drug-likeness (QED) is 0.169. The minimum Gasteiger partial charge on any atom is -0.0758 e. The first-order chi connectivity index (χ1) is 24.8. The van der Waals surface area contributed by atoms with E-state index in [1.807, 2.05) is 0 Å². The summed E-state index contributed by atoms with van der Waals surface area (Å²) in [5, 5.41) is 12.9. The zero-order valence-electron chi connectivity index (χ0n) is 27.7. The highest BCUT2D eigenvalue weighted by Crippen LogP contribution is 2.42. The second kappa shape index (κ2) is 11.7. The van der Waals surface area contributed by atoms with E-state index in [4.69, 9.17) is 0 Å². The number of rotatable bonds is 4. The predicted molar refractivity (Wildman–Crippen MR) is 215 cm³/mol. The second-order valence-electron chi connectivity index (χ2n) is 13.6. The lowest BCUT2D eigenvalue weighted by molar-refractivity contribution is 0.921. The van der Waals surface area contributed by atoms with Crippen molar-refractivity contribution >= 4 is 55.2 Å². The van der Waals surface area contributed by atoms with E-state index in [1.165, 1.54) is 92.5 Å². The molecule has 1 aliphatic carbocycles. The Hall–Kier alpha value is -6.24. The van der Waals surface area contributed by atoms with Crippen molar-refractivity contribution in [2.45, 2.75) is 12.3 Å². The van der Waals surface area contributed by atoms with Crippen molar-refractivity contribution in [1.82, 2.24) is 0 Å². The molecule has 0 bridgehead atoms. The minimum absolute atomic E-state index is 0.399. The van der Waals surface area contributed by atoms with Gasteiger partial charge in [0.15, 0.2) is 0 Å². The lowest BCUT2D eigenvalue weighted by Crippen LogP contribution is -2.27. The Kier molecular flexibility index (Phi) is 6.74. The monoisotopic (exact) mass is 634 g/mol. The van der Waals surface area contributed by atoms with Crippen LogP contribution in [-0.4, -0.2) is 0 Å². The fraction of sp³-hybridized carbons (Fsp3) is 0.0400. The minimum atomic E-state index is 0.399. The van der Waals surface area contributed by atoms with Gasteiger partial charge >= 0.3 is 0 Å². The average Bonchev–Trinajstić information content (AvgIpc) is 3.20. The maximum atomic E-state index is 2.43. The summed E-state index contributed by atoms with van der Waals surface area (Å²) >= 11 is 0. The molecule has 234 valence electrons. The molecule has 0 spiro atoms. The van der Waals surface area contributed by atoms with E-state index in [0.717, 1.165) is 6.42 Å². The topological polar surface area (TPSA) is 0 Å². The van der Waals surface area contributed by atoms with Gasteiger partial charge in [0.05, 0.1) is 0 Å². The molecule has 9 aromatic carbocycles. The van der Waals surface area contributed by atoms with Gasteiger partial charge in [-0.15, -0.1) is 0 Å². The van der Waals surface area contributed by atoms with Crippen molar-refractivity contribution in [2.24, 2.45) is 0 Å². The van der Waals surface area contributed by atoms with Gasteiger partial charge < -0.3 is 0 Å². The summed E-state index contributed by atoms with van der Waals surface area (Å²) in [6, 6.07) is 65.1. The van der Waals surface area contributed by atoms with Crippen LogP contribution in [-0.2, 0) is 0 Å². The molecule has 10 rings (SSSR count). The third kappa shape index (κ3) is 4.84. The SMILES string of the molecule is C1=c2ccccc2=CC(c2ccc(-c3cc4c5ccccc5c(-c5ccc(-c6ccc7ccccc7c6)cc5)cc4c4ccccc34)cc2)C1. The fourth-order valence-electron chi connectivity index (χ4n) is 8.17. The molecular formula is C50H34. The van der Waals surface area contributed by atoms with Crippen LogP contribution in [0.2, 0.25) is 0 Å². The third-order valence-electron chi connectivity index (χ3n) is 10.8. The third-order valence-corrected chi connectivity index (χ3v) is 10.8. The van der Waals surface area contributed by atoms with E-state index in [1.54, 1.807) is 0 Å². The average molecular weight is 635 g/mol. The first-order valence-corrected chi connectivity index (χ1v) is 17.6. The summed E-state index contributed by atoms with van der Waals surface area (Å²) in [6.07, 6.45) is 5.84. The van der Waals surface area contributed by atoms with E-state index >= 15 is 0 Å². The molecule has 1 unspecified atom stereocenters. The van der Waals surface area contributed by atoms with Crippen molar-refractivity contribution < 1.29 is 0 Å². The fourth-order valence-corrected chi connectivity index (χ4v) is 8.17. The molecule has 9 aromatic rings. The molecule has 0 heteroatoms. The predicted octanol–water partition coefficient (Wildman–Crippen LogP) is 12.0. The number of hydrogen-bond acceptors (Lipinski definition) is 0. The zero-order chi connectivity index (χ0) is 33.0. The smallest absolute Gasteiger partial charge is 0.00620 e.